The molecule has 0 fully saturated rings. The van der Waals surface area contributed by atoms with Crippen LogP contribution in [0.1, 0.15) is 11.1 Å². The van der Waals surface area contributed by atoms with Gasteiger partial charge in [-0.05, 0) is 36.3 Å². The predicted octanol–water partition coefficient (Wildman–Crippen LogP) is 2.92. The van der Waals surface area contributed by atoms with Gasteiger partial charge in [-0.1, -0.05) is 24.3 Å². The Bertz CT molecular complexity index is 828. The topological polar surface area (TPSA) is 73.9 Å². The summed E-state index contributed by atoms with van der Waals surface area (Å²) in [7, 11) is 0. The van der Waals surface area contributed by atoms with Crippen molar-refractivity contribution < 1.29 is 23.8 Å². The average Bonchev–Trinajstić information content (AvgIpc) is 3.07. The monoisotopic (exact) mass is 339 g/mol. The number of carbonyl (C=O) groups is 2. The summed E-state index contributed by atoms with van der Waals surface area (Å²) < 4.78 is 15.4. The Morgan fingerprint density at radius 3 is 2.80 bits per heavy atom. The van der Waals surface area contributed by atoms with Gasteiger partial charge in [-0.2, -0.15) is 0 Å². The predicted molar refractivity (Wildman–Crippen MR) is 92.4 cm³/mol. The van der Waals surface area contributed by atoms with E-state index in [9.17, 15) is 9.59 Å². The van der Waals surface area contributed by atoms with Crippen molar-refractivity contribution in [2.45, 2.75) is 6.92 Å². The van der Waals surface area contributed by atoms with Gasteiger partial charge in [0.25, 0.3) is 5.91 Å². The van der Waals surface area contributed by atoms with Crippen LogP contribution >= 0.6 is 0 Å². The van der Waals surface area contributed by atoms with E-state index in [1.54, 1.807) is 24.3 Å². The molecule has 128 valence electrons. The average molecular weight is 339 g/mol. The molecule has 1 aliphatic rings. The second-order valence-electron chi connectivity index (χ2n) is 5.41. The number of benzene rings is 2. The van der Waals surface area contributed by atoms with Crippen molar-refractivity contribution in [1.82, 2.24) is 0 Å². The van der Waals surface area contributed by atoms with Crippen LogP contribution < -0.4 is 14.8 Å². The third-order valence-corrected chi connectivity index (χ3v) is 3.59. The minimum absolute atomic E-state index is 0.164. The molecule has 1 heterocycles. The van der Waals surface area contributed by atoms with Gasteiger partial charge in [-0.3, -0.25) is 4.79 Å². The number of aryl methyl sites for hydroxylation is 1. The summed E-state index contributed by atoms with van der Waals surface area (Å²) in [4.78, 5) is 23.6. The molecule has 1 aliphatic heterocycles. The van der Waals surface area contributed by atoms with Crippen molar-refractivity contribution in [3.63, 3.8) is 0 Å². The van der Waals surface area contributed by atoms with Crippen molar-refractivity contribution in [3.05, 3.63) is 59.7 Å². The zero-order valence-corrected chi connectivity index (χ0v) is 13.7. The highest BCUT2D eigenvalue weighted by Gasteiger charge is 2.14. The molecular formula is C19H17NO5. The van der Waals surface area contributed by atoms with Crippen LogP contribution in [0.4, 0.5) is 5.69 Å². The molecule has 0 saturated heterocycles. The molecule has 0 bridgehead atoms. The van der Waals surface area contributed by atoms with E-state index in [0.29, 0.717) is 17.2 Å². The van der Waals surface area contributed by atoms with Crippen LogP contribution in [-0.2, 0) is 14.3 Å². The Morgan fingerprint density at radius 1 is 1.16 bits per heavy atom. The van der Waals surface area contributed by atoms with Crippen LogP contribution in [-0.4, -0.2) is 25.3 Å². The number of ether oxygens (including phenoxy) is 3. The molecule has 6 heteroatoms. The molecule has 2 aromatic carbocycles. The maximum atomic E-state index is 11.9. The molecule has 0 atom stereocenters. The lowest BCUT2D eigenvalue weighted by molar-refractivity contribution is -0.142. The number of amides is 1. The molecule has 0 aliphatic carbocycles. The highest BCUT2D eigenvalue weighted by atomic mass is 16.7. The van der Waals surface area contributed by atoms with Crippen molar-refractivity contribution in [1.29, 1.82) is 0 Å². The van der Waals surface area contributed by atoms with Crippen molar-refractivity contribution in [3.8, 4) is 11.5 Å². The van der Waals surface area contributed by atoms with Gasteiger partial charge < -0.3 is 19.5 Å². The second-order valence-corrected chi connectivity index (χ2v) is 5.41. The maximum absolute atomic E-state index is 11.9. The fourth-order valence-electron chi connectivity index (χ4n) is 2.29. The fourth-order valence-corrected chi connectivity index (χ4v) is 2.29. The molecule has 1 N–H and O–H groups in total. The fraction of sp³-hybridized carbons (Fsp3) is 0.158. The Hall–Kier alpha value is -3.28. The van der Waals surface area contributed by atoms with Crippen LogP contribution in [0.5, 0.6) is 11.5 Å². The van der Waals surface area contributed by atoms with Crippen molar-refractivity contribution in [2.75, 3.05) is 18.7 Å². The van der Waals surface area contributed by atoms with Gasteiger partial charge >= 0.3 is 5.97 Å². The summed E-state index contributed by atoms with van der Waals surface area (Å²) in [5, 5.41) is 2.63. The molecule has 0 unspecified atom stereocenters. The molecule has 25 heavy (non-hydrogen) atoms. The highest BCUT2D eigenvalue weighted by Crippen LogP contribution is 2.34. The lowest BCUT2D eigenvalue weighted by Gasteiger charge is -2.06. The number of esters is 1. The SMILES string of the molecule is Cc1ccccc1/C=C/C(=O)OCC(=O)Nc1ccc2c(c1)OCO2. The van der Waals surface area contributed by atoms with Crippen LogP contribution in [0, 0.1) is 6.92 Å². The Balaban J connectivity index is 1.49. The standard InChI is InChI=1S/C19H17NO5/c1-13-4-2-3-5-14(13)6-9-19(22)23-11-18(21)20-15-7-8-16-17(10-15)25-12-24-16/h2-10H,11-12H2,1H3,(H,20,21)/b9-6+. The van der Waals surface area contributed by atoms with E-state index in [0.717, 1.165) is 11.1 Å². The maximum Gasteiger partial charge on any atom is 0.331 e. The van der Waals surface area contributed by atoms with Crippen LogP contribution in [0.15, 0.2) is 48.5 Å². The molecule has 0 spiro atoms. The van der Waals surface area contributed by atoms with E-state index >= 15 is 0 Å². The number of hydrogen-bond acceptors (Lipinski definition) is 5. The van der Waals surface area contributed by atoms with Gasteiger partial charge in [0.05, 0.1) is 0 Å². The van der Waals surface area contributed by atoms with E-state index in [1.807, 2.05) is 31.2 Å². The summed E-state index contributed by atoms with van der Waals surface area (Å²) in [6.45, 7) is 1.74. The Labute approximate surface area is 145 Å². The first kappa shape index (κ1) is 16.6. The molecule has 0 aromatic heterocycles. The second kappa shape index (κ2) is 7.53. The summed E-state index contributed by atoms with van der Waals surface area (Å²) in [5.41, 5.74) is 2.51. The summed E-state index contributed by atoms with van der Waals surface area (Å²) in [6.07, 6.45) is 2.96. The first-order valence-electron chi connectivity index (χ1n) is 7.72. The van der Waals surface area contributed by atoms with Crippen LogP contribution in [0.2, 0.25) is 0 Å². The third-order valence-electron chi connectivity index (χ3n) is 3.59. The number of fused-ring (bicyclic) bond motifs is 1. The first-order valence-corrected chi connectivity index (χ1v) is 7.72. The van der Waals surface area contributed by atoms with Crippen molar-refractivity contribution in [2.24, 2.45) is 0 Å². The molecular weight excluding hydrogens is 322 g/mol. The molecule has 2 aromatic rings. The van der Waals surface area contributed by atoms with Crippen molar-refractivity contribution >= 4 is 23.6 Å². The van der Waals surface area contributed by atoms with Gasteiger partial charge in [-0.25, -0.2) is 4.79 Å². The number of hydrogen-bond donors (Lipinski definition) is 1. The highest BCUT2D eigenvalue weighted by molar-refractivity contribution is 5.94. The van der Waals surface area contributed by atoms with Gasteiger partial charge in [0.15, 0.2) is 18.1 Å². The largest absolute Gasteiger partial charge is 0.454 e. The number of nitrogens with one attached hydrogen (secondary N) is 1. The molecule has 0 radical (unpaired) electrons. The smallest absolute Gasteiger partial charge is 0.331 e. The minimum Gasteiger partial charge on any atom is -0.454 e. The molecule has 3 rings (SSSR count). The van der Waals surface area contributed by atoms with Gasteiger partial charge in [0.2, 0.25) is 6.79 Å². The quantitative estimate of drug-likeness (QED) is 0.670. The van der Waals surface area contributed by atoms with E-state index in [2.05, 4.69) is 5.32 Å². The van der Waals surface area contributed by atoms with E-state index in [-0.39, 0.29) is 13.4 Å². The van der Waals surface area contributed by atoms with E-state index < -0.39 is 11.9 Å². The third kappa shape index (κ3) is 4.38. The number of rotatable bonds is 5. The van der Waals surface area contributed by atoms with Gasteiger partial charge in [0.1, 0.15) is 0 Å². The normalized spacial score (nSPS) is 12.2. The lowest BCUT2D eigenvalue weighted by Crippen LogP contribution is -2.20. The Morgan fingerprint density at radius 2 is 1.96 bits per heavy atom. The zero-order valence-electron chi connectivity index (χ0n) is 13.7. The Kier molecular flexibility index (Phi) is 4.99. The van der Waals surface area contributed by atoms with Crippen LogP contribution in [0.25, 0.3) is 6.08 Å². The number of anilines is 1. The molecule has 6 nitrogen and oxygen atoms in total. The first-order chi connectivity index (χ1) is 12.1. The molecule has 0 saturated carbocycles. The van der Waals surface area contributed by atoms with E-state index in [4.69, 9.17) is 14.2 Å². The minimum atomic E-state index is -0.580. The summed E-state index contributed by atoms with van der Waals surface area (Å²) in [6, 6.07) is 12.7. The van der Waals surface area contributed by atoms with Gasteiger partial charge in [0, 0.05) is 17.8 Å². The summed E-state index contributed by atoms with van der Waals surface area (Å²) >= 11 is 0. The molecule has 1 amide bonds. The van der Waals surface area contributed by atoms with Crippen LogP contribution in [0.3, 0.4) is 0 Å². The summed E-state index contributed by atoms with van der Waals surface area (Å²) in [5.74, 6) is 0.183. The van der Waals surface area contributed by atoms with Gasteiger partial charge in [-0.15, -0.1) is 0 Å². The zero-order chi connectivity index (χ0) is 17.6. The lowest BCUT2D eigenvalue weighted by atomic mass is 10.1. The number of carbonyl (C=O) groups excluding carboxylic acids is 2. The van der Waals surface area contributed by atoms with E-state index in [1.165, 1.54) is 6.08 Å².